The van der Waals surface area contributed by atoms with Crippen molar-refractivity contribution in [1.82, 2.24) is 5.32 Å². The van der Waals surface area contributed by atoms with Crippen LogP contribution in [0, 0.1) is 0 Å². The standard InChI is InChI=1S/C14H28N2O3S2.Zn/c15-9-4-3-6-12(14(18)19)16-13(17)7-2-1-5-11(21)8-10-20;/h11-12,20-21H,1-10,15H2,(H,16,17)(H,18,19);/t11?,12-;/m0./s1. The van der Waals surface area contributed by atoms with E-state index in [1.165, 1.54) is 0 Å². The number of carbonyl (C=O) groups is 2. The number of amides is 1. The number of aliphatic carboxylic acids is 1. The van der Waals surface area contributed by atoms with Crippen molar-refractivity contribution in [3.05, 3.63) is 0 Å². The molecule has 0 radical (unpaired) electrons. The van der Waals surface area contributed by atoms with Crippen LogP contribution in [-0.4, -0.2) is 40.6 Å². The van der Waals surface area contributed by atoms with Gasteiger partial charge in [-0.3, -0.25) is 4.79 Å². The van der Waals surface area contributed by atoms with Gasteiger partial charge in [0, 0.05) is 31.1 Å². The molecule has 0 fully saturated rings. The molecule has 4 N–H and O–H groups in total. The molecule has 0 spiro atoms. The van der Waals surface area contributed by atoms with Gasteiger partial charge in [-0.15, -0.1) is 0 Å². The third kappa shape index (κ3) is 13.9. The fraction of sp³-hybridized carbons (Fsp3) is 0.857. The average Bonchev–Trinajstić information content (AvgIpc) is 2.43. The zero-order valence-corrected chi connectivity index (χ0v) is 17.9. The minimum absolute atomic E-state index is 0. The maximum absolute atomic E-state index is 11.7. The van der Waals surface area contributed by atoms with Gasteiger partial charge in [0.05, 0.1) is 0 Å². The number of carbonyl (C=O) groups excluding carboxylic acids is 1. The molecule has 0 aliphatic carbocycles. The van der Waals surface area contributed by atoms with Crippen molar-refractivity contribution in [3.63, 3.8) is 0 Å². The first-order valence-electron chi connectivity index (χ1n) is 7.52. The number of nitrogens with two attached hydrogens (primary N) is 1. The van der Waals surface area contributed by atoms with Gasteiger partial charge < -0.3 is 16.2 Å². The number of hydrogen-bond acceptors (Lipinski definition) is 5. The number of carboxylic acid groups (broad SMARTS) is 1. The molecule has 126 valence electrons. The maximum atomic E-state index is 11.7. The molecule has 0 aliphatic rings. The van der Waals surface area contributed by atoms with Crippen LogP contribution in [-0.2, 0) is 29.1 Å². The summed E-state index contributed by atoms with van der Waals surface area (Å²) in [6, 6.07) is -0.800. The van der Waals surface area contributed by atoms with E-state index in [0.717, 1.165) is 37.9 Å². The summed E-state index contributed by atoms with van der Waals surface area (Å²) >= 11 is 8.58. The van der Waals surface area contributed by atoms with Gasteiger partial charge in [-0.25, -0.2) is 4.79 Å². The molecule has 1 unspecified atom stereocenters. The molecular weight excluding hydrogens is 374 g/mol. The van der Waals surface area contributed by atoms with Crippen molar-refractivity contribution >= 4 is 37.1 Å². The number of thiol groups is 2. The number of nitrogens with one attached hydrogen (secondary N) is 1. The quantitative estimate of drug-likeness (QED) is 0.185. The van der Waals surface area contributed by atoms with Gasteiger partial charge >= 0.3 is 5.97 Å². The van der Waals surface area contributed by atoms with Gasteiger partial charge in [0.1, 0.15) is 6.04 Å². The Bertz CT molecular complexity index is 310. The van der Waals surface area contributed by atoms with Crippen molar-refractivity contribution in [2.45, 2.75) is 62.7 Å². The summed E-state index contributed by atoms with van der Waals surface area (Å²) in [5.74, 6) is -0.359. The van der Waals surface area contributed by atoms with E-state index < -0.39 is 12.0 Å². The SMILES string of the molecule is NCCCC[C@H](NC(=O)CCCCC(S)CCS)C(=O)O.[Zn]. The molecule has 0 aliphatic heterocycles. The summed E-state index contributed by atoms with van der Waals surface area (Å²) in [5, 5.41) is 12.0. The van der Waals surface area contributed by atoms with E-state index in [4.69, 9.17) is 10.8 Å². The van der Waals surface area contributed by atoms with Crippen molar-refractivity contribution < 1.29 is 34.2 Å². The molecule has 0 bridgehead atoms. The Labute approximate surface area is 157 Å². The minimum atomic E-state index is -0.982. The van der Waals surface area contributed by atoms with E-state index >= 15 is 0 Å². The fourth-order valence-corrected chi connectivity index (χ4v) is 2.80. The van der Waals surface area contributed by atoms with E-state index in [-0.39, 0.29) is 25.4 Å². The van der Waals surface area contributed by atoms with Gasteiger partial charge in [0.15, 0.2) is 0 Å². The van der Waals surface area contributed by atoms with Gasteiger partial charge in [-0.05, 0) is 50.8 Å². The first-order chi connectivity index (χ1) is 10.0. The molecule has 22 heavy (non-hydrogen) atoms. The first kappa shape index (κ1) is 24.5. The molecule has 0 saturated heterocycles. The van der Waals surface area contributed by atoms with Crippen LogP contribution < -0.4 is 11.1 Å². The second-order valence-electron chi connectivity index (χ2n) is 5.15. The van der Waals surface area contributed by atoms with Crippen LogP contribution in [0.1, 0.15) is 51.4 Å². The van der Waals surface area contributed by atoms with Crippen molar-refractivity contribution in [1.29, 1.82) is 0 Å². The summed E-state index contributed by atoms with van der Waals surface area (Å²) in [5.41, 5.74) is 5.37. The smallest absolute Gasteiger partial charge is 0.326 e. The average molecular weight is 402 g/mol. The third-order valence-electron chi connectivity index (χ3n) is 3.23. The van der Waals surface area contributed by atoms with E-state index in [1.807, 2.05) is 0 Å². The number of hydrogen-bond donors (Lipinski definition) is 5. The van der Waals surface area contributed by atoms with Crippen molar-refractivity contribution in [2.75, 3.05) is 12.3 Å². The van der Waals surface area contributed by atoms with Crippen LogP contribution >= 0.6 is 25.3 Å². The number of unbranched alkanes of at least 4 members (excludes halogenated alkanes) is 2. The molecule has 0 rings (SSSR count). The molecule has 0 aromatic carbocycles. The molecule has 5 nitrogen and oxygen atoms in total. The van der Waals surface area contributed by atoms with Crippen LogP contribution in [0.5, 0.6) is 0 Å². The van der Waals surface area contributed by atoms with E-state index in [1.54, 1.807) is 0 Å². The molecule has 0 aromatic heterocycles. The first-order valence-corrected chi connectivity index (χ1v) is 8.67. The zero-order chi connectivity index (χ0) is 16.1. The third-order valence-corrected chi connectivity index (χ3v) is 4.01. The van der Waals surface area contributed by atoms with E-state index in [9.17, 15) is 9.59 Å². The monoisotopic (exact) mass is 400 g/mol. The Kier molecular flexibility index (Phi) is 17.9. The predicted molar refractivity (Wildman–Crippen MR) is 92.2 cm³/mol. The van der Waals surface area contributed by atoms with Crippen LogP contribution in [0.25, 0.3) is 0 Å². The van der Waals surface area contributed by atoms with Crippen LogP contribution in [0.4, 0.5) is 0 Å². The van der Waals surface area contributed by atoms with Gasteiger partial charge in [-0.1, -0.05) is 6.42 Å². The topological polar surface area (TPSA) is 92.4 Å². The Morgan fingerprint density at radius 2 is 1.73 bits per heavy atom. The van der Waals surface area contributed by atoms with Gasteiger partial charge in [0.2, 0.25) is 5.91 Å². The molecule has 0 heterocycles. The summed E-state index contributed by atoms with van der Waals surface area (Å²) < 4.78 is 0. The summed E-state index contributed by atoms with van der Waals surface area (Å²) in [6.07, 6.45) is 5.86. The second-order valence-corrected chi connectivity index (χ2v) is 6.33. The Hall–Kier alpha value is 0.223. The molecule has 2 atom stereocenters. The molecule has 0 aromatic rings. The normalized spacial score (nSPS) is 13.0. The zero-order valence-electron chi connectivity index (χ0n) is 13.2. The Balaban J connectivity index is 0. The summed E-state index contributed by atoms with van der Waals surface area (Å²) in [6.45, 7) is 0.539. The van der Waals surface area contributed by atoms with Crippen LogP contribution in [0.3, 0.4) is 0 Å². The number of carboxylic acids is 1. The Morgan fingerprint density at radius 1 is 1.09 bits per heavy atom. The number of rotatable bonds is 13. The van der Waals surface area contributed by atoms with Crippen LogP contribution in [0.2, 0.25) is 0 Å². The molecule has 8 heteroatoms. The van der Waals surface area contributed by atoms with E-state index in [0.29, 0.717) is 31.1 Å². The maximum Gasteiger partial charge on any atom is 0.326 e. The summed E-state index contributed by atoms with van der Waals surface area (Å²) in [4.78, 5) is 22.8. The second kappa shape index (κ2) is 16.1. The fourth-order valence-electron chi connectivity index (χ4n) is 1.98. The van der Waals surface area contributed by atoms with Crippen LogP contribution in [0.15, 0.2) is 0 Å². The molecular formula is C14H28N2O3S2Zn. The minimum Gasteiger partial charge on any atom is -0.480 e. The van der Waals surface area contributed by atoms with Crippen molar-refractivity contribution in [3.8, 4) is 0 Å². The van der Waals surface area contributed by atoms with E-state index in [2.05, 4.69) is 30.6 Å². The van der Waals surface area contributed by atoms with Gasteiger partial charge in [0.25, 0.3) is 0 Å². The Morgan fingerprint density at radius 3 is 2.27 bits per heavy atom. The molecule has 1 amide bonds. The van der Waals surface area contributed by atoms with Gasteiger partial charge in [-0.2, -0.15) is 25.3 Å². The molecule has 0 saturated carbocycles. The predicted octanol–water partition coefficient (Wildman–Crippen LogP) is 1.86. The largest absolute Gasteiger partial charge is 0.480 e. The summed E-state index contributed by atoms with van der Waals surface area (Å²) in [7, 11) is 0. The van der Waals surface area contributed by atoms with Crippen molar-refractivity contribution in [2.24, 2.45) is 5.73 Å².